The number of fused-ring (bicyclic) bond motifs is 1. The molecule has 0 fully saturated rings. The Morgan fingerprint density at radius 3 is 2.34 bits per heavy atom. The van der Waals surface area contributed by atoms with Crippen LogP contribution < -0.4 is 10.3 Å². The zero-order valence-electron chi connectivity index (χ0n) is 19.2. The van der Waals surface area contributed by atoms with Crippen LogP contribution in [-0.2, 0) is 16.0 Å². The molecule has 0 aliphatic carbocycles. The third-order valence-electron chi connectivity index (χ3n) is 4.56. The SMILES string of the molecule is CCCCOc1c(C(=O)OC(C)(C)C)n(CCC(O)OCC)c(=O)c2cc(Cl)c(Cl)cc12. The summed E-state index contributed by atoms with van der Waals surface area (Å²) in [4.78, 5) is 26.6. The molecule has 0 amide bonds. The van der Waals surface area contributed by atoms with Gasteiger partial charge >= 0.3 is 5.97 Å². The summed E-state index contributed by atoms with van der Waals surface area (Å²) in [5, 5.41) is 11.1. The van der Waals surface area contributed by atoms with E-state index in [-0.39, 0.29) is 39.8 Å². The number of nitrogens with zero attached hydrogens (tertiary/aromatic N) is 1. The number of rotatable bonds is 10. The second-order valence-corrected chi connectivity index (χ2v) is 9.16. The van der Waals surface area contributed by atoms with Crippen molar-refractivity contribution in [3.05, 3.63) is 38.2 Å². The number of carbonyl (C=O) groups excluding carboxylic acids is 1. The Bertz CT molecular complexity index is 1010. The van der Waals surface area contributed by atoms with Crippen molar-refractivity contribution in [2.45, 2.75) is 72.3 Å². The molecule has 1 heterocycles. The molecule has 7 nitrogen and oxygen atoms in total. The van der Waals surface area contributed by atoms with Crippen LogP contribution in [0.4, 0.5) is 0 Å². The second-order valence-electron chi connectivity index (χ2n) is 8.35. The Kier molecular flexibility index (Phi) is 9.40. The first kappa shape index (κ1) is 26.5. The largest absolute Gasteiger partial charge is 0.490 e. The van der Waals surface area contributed by atoms with Crippen molar-refractivity contribution in [2.75, 3.05) is 13.2 Å². The lowest BCUT2D eigenvalue weighted by atomic mass is 10.1. The summed E-state index contributed by atoms with van der Waals surface area (Å²) in [5.74, 6) is -0.508. The van der Waals surface area contributed by atoms with Gasteiger partial charge in [0.2, 0.25) is 0 Å². The number of ether oxygens (including phenoxy) is 3. The number of hydrogen-bond donors (Lipinski definition) is 1. The van der Waals surface area contributed by atoms with Crippen molar-refractivity contribution in [1.82, 2.24) is 4.57 Å². The molecular weight excluding hydrogens is 457 g/mol. The average Bonchev–Trinajstić information content (AvgIpc) is 2.69. The third kappa shape index (κ3) is 6.61. The van der Waals surface area contributed by atoms with Gasteiger partial charge in [0.15, 0.2) is 17.7 Å². The highest BCUT2D eigenvalue weighted by Crippen LogP contribution is 2.35. The minimum atomic E-state index is -1.09. The molecule has 1 aromatic heterocycles. The lowest BCUT2D eigenvalue weighted by Crippen LogP contribution is -2.33. The van der Waals surface area contributed by atoms with E-state index in [4.69, 9.17) is 37.4 Å². The fourth-order valence-corrected chi connectivity index (χ4v) is 3.46. The van der Waals surface area contributed by atoms with Gasteiger partial charge in [0.05, 0.1) is 22.0 Å². The highest BCUT2D eigenvalue weighted by molar-refractivity contribution is 6.42. The van der Waals surface area contributed by atoms with Gasteiger partial charge in [0, 0.05) is 25.0 Å². The lowest BCUT2D eigenvalue weighted by molar-refractivity contribution is -0.100. The van der Waals surface area contributed by atoms with Gasteiger partial charge in [-0.25, -0.2) is 4.79 Å². The normalized spacial score (nSPS) is 12.8. The molecule has 178 valence electrons. The van der Waals surface area contributed by atoms with Gasteiger partial charge in [-0.3, -0.25) is 9.36 Å². The minimum Gasteiger partial charge on any atom is -0.490 e. The number of esters is 1. The maximum Gasteiger partial charge on any atom is 0.359 e. The standard InChI is InChI=1S/C23H31Cl2NO6/c1-6-8-11-31-20-14-12-16(24)17(25)13-15(14)21(28)26(10-9-18(27)30-7-2)19(20)22(29)32-23(3,4)5/h12-13,18,27H,6-11H2,1-5H3. The molecule has 2 aromatic rings. The van der Waals surface area contributed by atoms with Crippen LogP contribution in [0.15, 0.2) is 16.9 Å². The molecule has 0 spiro atoms. The molecule has 2 rings (SSSR count). The second kappa shape index (κ2) is 11.4. The van der Waals surface area contributed by atoms with Gasteiger partial charge in [-0.2, -0.15) is 0 Å². The number of hydrogen-bond acceptors (Lipinski definition) is 6. The molecule has 1 aromatic carbocycles. The maximum absolute atomic E-state index is 13.4. The van der Waals surface area contributed by atoms with Crippen LogP contribution >= 0.6 is 23.2 Å². The number of aromatic nitrogens is 1. The summed E-state index contributed by atoms with van der Waals surface area (Å²) in [6, 6.07) is 2.98. The summed E-state index contributed by atoms with van der Waals surface area (Å²) < 4.78 is 18.0. The Hall–Kier alpha value is -1.80. The fourth-order valence-electron chi connectivity index (χ4n) is 3.13. The van der Waals surface area contributed by atoms with Gasteiger partial charge in [0.1, 0.15) is 5.60 Å². The van der Waals surface area contributed by atoms with Gasteiger partial charge in [-0.1, -0.05) is 36.5 Å². The molecule has 0 radical (unpaired) electrons. The smallest absolute Gasteiger partial charge is 0.359 e. The highest BCUT2D eigenvalue weighted by Gasteiger charge is 2.29. The average molecular weight is 488 g/mol. The molecule has 0 bridgehead atoms. The molecule has 0 aliphatic heterocycles. The van der Waals surface area contributed by atoms with Crippen molar-refractivity contribution in [3.8, 4) is 5.75 Å². The predicted octanol–water partition coefficient (Wildman–Crippen LogP) is 5.19. The van der Waals surface area contributed by atoms with Crippen LogP contribution in [0.5, 0.6) is 5.75 Å². The molecular formula is C23H31Cl2NO6. The molecule has 0 saturated heterocycles. The molecule has 0 saturated carbocycles. The maximum atomic E-state index is 13.4. The third-order valence-corrected chi connectivity index (χ3v) is 5.28. The van der Waals surface area contributed by atoms with E-state index in [9.17, 15) is 14.7 Å². The first-order valence-corrected chi connectivity index (χ1v) is 11.5. The molecule has 32 heavy (non-hydrogen) atoms. The summed E-state index contributed by atoms with van der Waals surface area (Å²) >= 11 is 12.4. The van der Waals surface area contributed by atoms with Gasteiger partial charge in [-0.05, 0) is 46.2 Å². The van der Waals surface area contributed by atoms with Crippen molar-refractivity contribution >= 4 is 39.9 Å². The lowest BCUT2D eigenvalue weighted by Gasteiger charge is -2.24. The quantitative estimate of drug-likeness (QED) is 0.282. The van der Waals surface area contributed by atoms with Crippen LogP contribution in [0.1, 0.15) is 64.4 Å². The van der Waals surface area contributed by atoms with Crippen molar-refractivity contribution < 1.29 is 24.1 Å². The molecule has 0 aliphatic rings. The molecule has 1 atom stereocenters. The van der Waals surface area contributed by atoms with E-state index in [0.717, 1.165) is 12.8 Å². The number of aliphatic hydroxyl groups is 1. The minimum absolute atomic E-state index is 0.00883. The van der Waals surface area contributed by atoms with Gasteiger partial charge < -0.3 is 19.3 Å². The number of aliphatic hydroxyl groups excluding tert-OH is 1. The molecule has 9 heteroatoms. The Labute approximate surface area is 198 Å². The summed E-state index contributed by atoms with van der Waals surface area (Å²) in [7, 11) is 0. The summed E-state index contributed by atoms with van der Waals surface area (Å²) in [6.45, 7) is 9.64. The van der Waals surface area contributed by atoms with Crippen LogP contribution in [0.25, 0.3) is 10.8 Å². The van der Waals surface area contributed by atoms with Crippen LogP contribution in [0.2, 0.25) is 10.0 Å². The zero-order valence-corrected chi connectivity index (χ0v) is 20.7. The van der Waals surface area contributed by atoms with Crippen molar-refractivity contribution in [2.24, 2.45) is 0 Å². The summed E-state index contributed by atoms with van der Waals surface area (Å²) in [6.07, 6.45) is 0.628. The number of benzene rings is 1. The number of pyridine rings is 1. The molecule has 1 unspecified atom stereocenters. The van der Waals surface area contributed by atoms with E-state index < -0.39 is 23.4 Å². The van der Waals surface area contributed by atoms with E-state index in [1.54, 1.807) is 27.7 Å². The monoisotopic (exact) mass is 487 g/mol. The number of halogens is 2. The van der Waals surface area contributed by atoms with E-state index in [2.05, 4.69) is 0 Å². The van der Waals surface area contributed by atoms with E-state index in [1.165, 1.54) is 16.7 Å². The fraction of sp³-hybridized carbons (Fsp3) is 0.565. The molecule has 1 N–H and O–H groups in total. The van der Waals surface area contributed by atoms with E-state index in [0.29, 0.717) is 18.6 Å². The van der Waals surface area contributed by atoms with Gasteiger partial charge in [0.25, 0.3) is 5.56 Å². The number of carbonyl (C=O) groups is 1. The van der Waals surface area contributed by atoms with Crippen molar-refractivity contribution in [1.29, 1.82) is 0 Å². The Balaban J connectivity index is 2.78. The van der Waals surface area contributed by atoms with E-state index in [1.807, 2.05) is 6.92 Å². The predicted molar refractivity (Wildman–Crippen MR) is 126 cm³/mol. The van der Waals surface area contributed by atoms with Crippen molar-refractivity contribution in [3.63, 3.8) is 0 Å². The van der Waals surface area contributed by atoms with Crippen LogP contribution in [0.3, 0.4) is 0 Å². The van der Waals surface area contributed by atoms with Gasteiger partial charge in [-0.15, -0.1) is 0 Å². The van der Waals surface area contributed by atoms with E-state index >= 15 is 0 Å². The Morgan fingerprint density at radius 1 is 1.16 bits per heavy atom. The van der Waals surface area contributed by atoms with Crippen LogP contribution in [-0.4, -0.2) is 40.7 Å². The highest BCUT2D eigenvalue weighted by atomic mass is 35.5. The zero-order chi connectivity index (χ0) is 24.1. The first-order chi connectivity index (χ1) is 15.0. The first-order valence-electron chi connectivity index (χ1n) is 10.7. The number of unbranched alkanes of at least 4 members (excludes halogenated alkanes) is 1. The Morgan fingerprint density at radius 2 is 1.78 bits per heavy atom. The topological polar surface area (TPSA) is 87.0 Å². The summed E-state index contributed by atoms with van der Waals surface area (Å²) in [5.41, 5.74) is -1.29. The van der Waals surface area contributed by atoms with Crippen LogP contribution in [0, 0.1) is 0 Å².